The maximum absolute atomic E-state index is 12.5. The lowest BCUT2D eigenvalue weighted by Crippen LogP contribution is -2.44. The summed E-state index contributed by atoms with van der Waals surface area (Å²) < 4.78 is 14.7. The van der Waals surface area contributed by atoms with E-state index in [1.54, 1.807) is 41.6 Å². The summed E-state index contributed by atoms with van der Waals surface area (Å²) in [4.78, 5) is 24.9. The minimum atomic E-state index is -0.208. The quantitative estimate of drug-likeness (QED) is 0.420. The molecule has 10 heteroatoms. The van der Waals surface area contributed by atoms with Crippen LogP contribution in [0.2, 0.25) is 0 Å². The van der Waals surface area contributed by atoms with Crippen molar-refractivity contribution in [2.24, 2.45) is 5.41 Å². The Morgan fingerprint density at radius 3 is 2.94 bits per heavy atom. The van der Waals surface area contributed by atoms with Crippen molar-refractivity contribution < 1.29 is 14.3 Å². The van der Waals surface area contributed by atoms with Crippen LogP contribution in [0.3, 0.4) is 0 Å². The first-order chi connectivity index (χ1) is 16.6. The van der Waals surface area contributed by atoms with Crippen molar-refractivity contribution in [2.75, 3.05) is 26.4 Å². The van der Waals surface area contributed by atoms with E-state index in [-0.39, 0.29) is 11.3 Å². The summed E-state index contributed by atoms with van der Waals surface area (Å²) in [6.07, 6.45) is 10.0. The predicted octanol–water partition coefficient (Wildman–Crippen LogP) is 1.57. The summed E-state index contributed by atoms with van der Waals surface area (Å²) in [5.41, 5.74) is 2.35. The van der Waals surface area contributed by atoms with Crippen LogP contribution in [0, 0.1) is 17.3 Å². The minimum absolute atomic E-state index is 0.0258. The monoisotopic (exact) mass is 457 g/mol. The third-order valence-corrected chi connectivity index (χ3v) is 5.36. The zero-order valence-electron chi connectivity index (χ0n) is 18.6. The Morgan fingerprint density at radius 2 is 2.15 bits per heavy atom. The van der Waals surface area contributed by atoms with E-state index in [2.05, 4.69) is 44.1 Å². The number of rotatable bonds is 7. The number of aromatic nitrogens is 6. The van der Waals surface area contributed by atoms with Gasteiger partial charge in [0.1, 0.15) is 5.69 Å². The Kier molecular flexibility index (Phi) is 5.93. The summed E-state index contributed by atoms with van der Waals surface area (Å²) in [6.45, 7) is 5.14. The highest BCUT2D eigenvalue weighted by atomic mass is 16.5. The van der Waals surface area contributed by atoms with E-state index in [0.29, 0.717) is 61.3 Å². The molecule has 4 aromatic heterocycles. The molecule has 1 fully saturated rings. The van der Waals surface area contributed by atoms with Crippen LogP contribution in [0.15, 0.2) is 55.5 Å². The largest absolute Gasteiger partial charge is 0.476 e. The number of ether oxygens (including phenoxy) is 2. The van der Waals surface area contributed by atoms with E-state index in [4.69, 9.17) is 9.47 Å². The van der Waals surface area contributed by atoms with E-state index < -0.39 is 0 Å². The van der Waals surface area contributed by atoms with Crippen LogP contribution in [-0.4, -0.2) is 61.4 Å². The minimum Gasteiger partial charge on any atom is -0.476 e. The van der Waals surface area contributed by atoms with Gasteiger partial charge in [-0.2, -0.15) is 0 Å². The summed E-state index contributed by atoms with van der Waals surface area (Å²) in [5.74, 6) is 6.40. The summed E-state index contributed by atoms with van der Waals surface area (Å²) in [5, 5.41) is 7.39. The highest BCUT2D eigenvalue weighted by Gasteiger charge is 2.34. The molecule has 1 aliphatic rings. The molecule has 0 atom stereocenters. The molecule has 172 valence electrons. The number of hydrogen-bond donors (Lipinski definition) is 1. The number of pyridine rings is 1. The number of fused-ring (bicyclic) bond motifs is 1. The van der Waals surface area contributed by atoms with Crippen molar-refractivity contribution in [1.29, 1.82) is 0 Å². The number of amides is 1. The van der Waals surface area contributed by atoms with E-state index in [1.807, 2.05) is 16.8 Å². The molecule has 10 nitrogen and oxygen atoms in total. The Bertz CT molecular complexity index is 1360. The van der Waals surface area contributed by atoms with Crippen molar-refractivity contribution in [2.45, 2.75) is 13.5 Å². The van der Waals surface area contributed by atoms with Gasteiger partial charge in [-0.05, 0) is 18.1 Å². The Balaban J connectivity index is 1.26. The van der Waals surface area contributed by atoms with E-state index in [9.17, 15) is 4.79 Å². The molecule has 5 rings (SSSR count). The fourth-order valence-corrected chi connectivity index (χ4v) is 3.39. The van der Waals surface area contributed by atoms with E-state index >= 15 is 0 Å². The van der Waals surface area contributed by atoms with Crippen LogP contribution < -0.4 is 10.1 Å². The number of nitrogens with one attached hydrogen (secondary N) is 1. The molecule has 5 heterocycles. The maximum Gasteiger partial charge on any atom is 0.252 e. The van der Waals surface area contributed by atoms with Crippen molar-refractivity contribution >= 4 is 11.6 Å². The van der Waals surface area contributed by atoms with Crippen molar-refractivity contribution in [1.82, 2.24) is 34.4 Å². The first-order valence-corrected chi connectivity index (χ1v) is 10.8. The van der Waals surface area contributed by atoms with Gasteiger partial charge in [0.05, 0.1) is 37.9 Å². The highest BCUT2D eigenvalue weighted by molar-refractivity contribution is 5.94. The molecule has 1 N–H and O–H groups in total. The first kappa shape index (κ1) is 21.6. The predicted molar refractivity (Wildman–Crippen MR) is 122 cm³/mol. The van der Waals surface area contributed by atoms with Crippen molar-refractivity contribution in [3.63, 3.8) is 0 Å². The number of nitrogens with zero attached hydrogens (tertiary/aromatic N) is 6. The van der Waals surface area contributed by atoms with Crippen LogP contribution >= 0.6 is 0 Å². The second-order valence-corrected chi connectivity index (χ2v) is 8.45. The molecule has 0 spiro atoms. The van der Waals surface area contributed by atoms with Gasteiger partial charge in [-0.15, -0.1) is 5.10 Å². The van der Waals surface area contributed by atoms with Gasteiger partial charge in [-0.25, -0.2) is 14.5 Å². The zero-order chi connectivity index (χ0) is 23.4. The number of carbonyl (C=O) groups is 1. The Labute approximate surface area is 196 Å². The second-order valence-electron chi connectivity index (χ2n) is 8.45. The average Bonchev–Trinajstić information content (AvgIpc) is 3.50. The molecule has 1 amide bonds. The molecular formula is C24H23N7O3. The fraction of sp³-hybridized carbons (Fsp3) is 0.292. The lowest BCUT2D eigenvalue weighted by molar-refractivity contribution is -0.120. The first-order valence-electron chi connectivity index (χ1n) is 10.8. The van der Waals surface area contributed by atoms with Crippen LogP contribution in [0.1, 0.15) is 28.5 Å². The van der Waals surface area contributed by atoms with Gasteiger partial charge in [-0.3, -0.25) is 9.78 Å². The molecule has 0 bridgehead atoms. The molecule has 0 aromatic carbocycles. The van der Waals surface area contributed by atoms with E-state index in [1.165, 1.54) is 6.20 Å². The zero-order valence-corrected chi connectivity index (χ0v) is 18.6. The lowest BCUT2D eigenvalue weighted by atomic mass is 9.90. The molecule has 1 aliphatic heterocycles. The van der Waals surface area contributed by atoms with Gasteiger partial charge < -0.3 is 19.4 Å². The van der Waals surface area contributed by atoms with Crippen molar-refractivity contribution in [3.8, 4) is 17.7 Å². The third-order valence-electron chi connectivity index (χ3n) is 5.36. The summed E-state index contributed by atoms with van der Waals surface area (Å²) in [7, 11) is 0. The normalized spacial score (nSPS) is 14.1. The lowest BCUT2D eigenvalue weighted by Gasteiger charge is -2.37. The summed E-state index contributed by atoms with van der Waals surface area (Å²) >= 11 is 0. The molecule has 34 heavy (non-hydrogen) atoms. The van der Waals surface area contributed by atoms with Gasteiger partial charge in [0.2, 0.25) is 5.88 Å². The molecule has 0 aliphatic carbocycles. The van der Waals surface area contributed by atoms with Crippen LogP contribution in [-0.2, 0) is 11.3 Å². The highest BCUT2D eigenvalue weighted by Crippen LogP contribution is 2.27. The standard InChI is InChI=1S/C24H23N7O3/c1-24(14-33-15-24)16-34-22-5-4-21-28-13-20(31(21)29-22)3-2-18-10-19(12-26-11-18)23(32)27-7-9-30-8-6-25-17-30/h4-6,8,10-13,17H,7,9,14-16H2,1H3,(H,27,32). The number of hydrogen-bond acceptors (Lipinski definition) is 7. The van der Waals surface area contributed by atoms with Gasteiger partial charge in [0, 0.05) is 54.9 Å². The molecule has 0 unspecified atom stereocenters. The second kappa shape index (κ2) is 9.33. The van der Waals surface area contributed by atoms with Crippen LogP contribution in [0.25, 0.3) is 5.65 Å². The van der Waals surface area contributed by atoms with Crippen molar-refractivity contribution in [3.05, 3.63) is 72.3 Å². The van der Waals surface area contributed by atoms with Gasteiger partial charge >= 0.3 is 0 Å². The fourth-order valence-electron chi connectivity index (χ4n) is 3.39. The van der Waals surface area contributed by atoms with Gasteiger partial charge in [0.25, 0.3) is 5.91 Å². The molecule has 0 radical (unpaired) electrons. The molecule has 4 aromatic rings. The van der Waals surface area contributed by atoms with Crippen LogP contribution in [0.5, 0.6) is 5.88 Å². The Morgan fingerprint density at radius 1 is 1.24 bits per heavy atom. The average molecular weight is 457 g/mol. The molecule has 1 saturated heterocycles. The molecular weight excluding hydrogens is 434 g/mol. The topological polar surface area (TPSA) is 108 Å². The van der Waals surface area contributed by atoms with Crippen LogP contribution in [0.4, 0.5) is 0 Å². The van der Waals surface area contributed by atoms with Gasteiger partial charge in [-0.1, -0.05) is 12.8 Å². The SMILES string of the molecule is CC1(COc2ccc3ncc(C#Cc4cncc(C(=O)NCCn5ccnc5)c4)n3n2)COC1. The molecule has 0 saturated carbocycles. The smallest absolute Gasteiger partial charge is 0.252 e. The summed E-state index contributed by atoms with van der Waals surface area (Å²) in [6, 6.07) is 5.34. The number of carbonyl (C=O) groups excluding carboxylic acids is 1. The maximum atomic E-state index is 12.5. The van der Waals surface area contributed by atoms with Gasteiger partial charge in [0.15, 0.2) is 5.65 Å². The van der Waals surface area contributed by atoms with E-state index in [0.717, 1.165) is 0 Å². The third kappa shape index (κ3) is 4.89. The Hall–Kier alpha value is -4.23. The number of imidazole rings is 2.